The van der Waals surface area contributed by atoms with Gasteiger partial charge in [-0.05, 0) is 49.7 Å². The van der Waals surface area contributed by atoms with Crippen molar-refractivity contribution in [2.24, 2.45) is 0 Å². The summed E-state index contributed by atoms with van der Waals surface area (Å²) in [5.74, 6) is 0.309. The van der Waals surface area contributed by atoms with E-state index in [2.05, 4.69) is 5.32 Å². The van der Waals surface area contributed by atoms with Crippen molar-refractivity contribution in [2.75, 3.05) is 32.6 Å². The van der Waals surface area contributed by atoms with Crippen LogP contribution in [0.4, 0.5) is 5.69 Å². The molecule has 0 aliphatic rings. The number of thiophene rings is 2. The van der Waals surface area contributed by atoms with Crippen molar-refractivity contribution < 1.29 is 19.1 Å². The lowest BCUT2D eigenvalue weighted by Crippen LogP contribution is -2.30. The molecule has 1 N–H and O–H groups in total. The smallest absolute Gasteiger partial charge is 0.348 e. The monoisotopic (exact) mass is 418 g/mol. The molecule has 2 aromatic heterocycles. The zero-order chi connectivity index (χ0) is 20.1. The Bertz CT molecular complexity index is 962. The molecule has 0 atom stereocenters. The van der Waals surface area contributed by atoms with E-state index in [0.29, 0.717) is 23.7 Å². The van der Waals surface area contributed by atoms with Crippen molar-refractivity contribution in [3.63, 3.8) is 0 Å². The zero-order valence-electron chi connectivity index (χ0n) is 16.0. The fourth-order valence-corrected chi connectivity index (χ4v) is 5.08. The summed E-state index contributed by atoms with van der Waals surface area (Å²) >= 11 is 3.04. The van der Waals surface area contributed by atoms with E-state index in [0.717, 1.165) is 20.7 Å². The molecule has 0 saturated carbocycles. The van der Waals surface area contributed by atoms with Crippen LogP contribution >= 0.6 is 22.7 Å². The van der Waals surface area contributed by atoms with Gasteiger partial charge in [-0.15, -0.1) is 22.7 Å². The van der Waals surface area contributed by atoms with Gasteiger partial charge >= 0.3 is 5.97 Å². The number of carbonyl (C=O) groups excluding carboxylic acids is 2. The number of carbonyl (C=O) groups is 2. The molecule has 0 aliphatic carbocycles. The van der Waals surface area contributed by atoms with Crippen LogP contribution < -0.4 is 10.1 Å². The second-order valence-corrected chi connectivity index (χ2v) is 8.16. The Morgan fingerprint density at radius 1 is 1.18 bits per heavy atom. The number of nitrogens with zero attached hydrogens (tertiary/aromatic N) is 1. The maximum absolute atomic E-state index is 12.4. The molecule has 1 amide bonds. The van der Waals surface area contributed by atoms with E-state index < -0.39 is 0 Å². The van der Waals surface area contributed by atoms with Crippen LogP contribution in [0.15, 0.2) is 35.7 Å². The quantitative estimate of drug-likeness (QED) is 0.555. The van der Waals surface area contributed by atoms with Gasteiger partial charge in [0, 0.05) is 22.5 Å². The molecule has 0 spiro atoms. The Morgan fingerprint density at radius 2 is 1.93 bits per heavy atom. The van der Waals surface area contributed by atoms with Crippen LogP contribution in [0, 0.1) is 0 Å². The summed E-state index contributed by atoms with van der Waals surface area (Å²) in [5.41, 5.74) is 1.63. The van der Waals surface area contributed by atoms with Crippen LogP contribution in [0.1, 0.15) is 22.2 Å². The highest BCUT2D eigenvalue weighted by molar-refractivity contribution is 7.28. The van der Waals surface area contributed by atoms with Crippen molar-refractivity contribution in [1.82, 2.24) is 4.90 Å². The molecule has 8 heteroatoms. The summed E-state index contributed by atoms with van der Waals surface area (Å²) in [7, 11) is 3.46. The number of rotatable bonds is 8. The van der Waals surface area contributed by atoms with Gasteiger partial charge in [0.25, 0.3) is 0 Å². The predicted octanol–water partition coefficient (Wildman–Crippen LogP) is 4.22. The molecular formula is C20H22N2O4S2. The highest BCUT2D eigenvalue weighted by Crippen LogP contribution is 2.36. The Labute approximate surface area is 171 Å². The number of methoxy groups -OCH3 is 1. The number of benzene rings is 1. The summed E-state index contributed by atoms with van der Waals surface area (Å²) in [4.78, 5) is 27.2. The Kier molecular flexibility index (Phi) is 6.66. The second kappa shape index (κ2) is 9.18. The fraction of sp³-hybridized carbons (Fsp3) is 0.300. The molecule has 0 radical (unpaired) electrons. The van der Waals surface area contributed by atoms with Crippen LogP contribution in [0.25, 0.3) is 9.40 Å². The summed E-state index contributed by atoms with van der Waals surface area (Å²) in [6.45, 7) is 2.83. The fourth-order valence-electron chi connectivity index (χ4n) is 2.82. The molecule has 0 aliphatic heterocycles. The zero-order valence-corrected chi connectivity index (χ0v) is 17.6. The third-order valence-electron chi connectivity index (χ3n) is 4.07. The molecule has 1 aromatic carbocycles. The van der Waals surface area contributed by atoms with E-state index in [1.807, 2.05) is 23.4 Å². The van der Waals surface area contributed by atoms with E-state index in [4.69, 9.17) is 9.47 Å². The largest absolute Gasteiger partial charge is 0.497 e. The molecule has 6 nitrogen and oxygen atoms in total. The molecule has 28 heavy (non-hydrogen) atoms. The van der Waals surface area contributed by atoms with Crippen molar-refractivity contribution in [1.29, 1.82) is 0 Å². The van der Waals surface area contributed by atoms with Crippen LogP contribution in [0.5, 0.6) is 5.75 Å². The minimum atomic E-state index is -0.304. The molecule has 3 rings (SSSR count). The highest BCUT2D eigenvalue weighted by atomic mass is 32.1. The average Bonchev–Trinajstić information content (AvgIpc) is 3.25. The molecule has 0 unspecified atom stereocenters. The summed E-state index contributed by atoms with van der Waals surface area (Å²) < 4.78 is 12.5. The second-order valence-electron chi connectivity index (χ2n) is 6.19. The Morgan fingerprint density at radius 3 is 2.61 bits per heavy atom. The van der Waals surface area contributed by atoms with Gasteiger partial charge in [-0.1, -0.05) is 0 Å². The number of hydrogen-bond acceptors (Lipinski definition) is 7. The molecule has 148 valence electrons. The van der Waals surface area contributed by atoms with E-state index >= 15 is 0 Å². The maximum atomic E-state index is 12.4. The number of hydrogen-bond donors (Lipinski definition) is 1. The van der Waals surface area contributed by atoms with Gasteiger partial charge in [0.05, 0.1) is 25.0 Å². The SMILES string of the molecule is CCOC(=O)c1sc2ccsc2c1CN(C)CC(=O)Nc1ccc(OC)cc1. The number of esters is 1. The molecule has 2 heterocycles. The number of nitrogens with one attached hydrogen (secondary N) is 1. The summed E-state index contributed by atoms with van der Waals surface area (Å²) in [5, 5.41) is 4.88. The lowest BCUT2D eigenvalue weighted by molar-refractivity contribution is -0.117. The van der Waals surface area contributed by atoms with Gasteiger partial charge in [0.15, 0.2) is 0 Å². The number of anilines is 1. The molecule has 0 fully saturated rings. The van der Waals surface area contributed by atoms with Crippen LogP contribution in [-0.4, -0.2) is 44.1 Å². The molecule has 3 aromatic rings. The third-order valence-corrected chi connectivity index (χ3v) is 6.35. The van der Waals surface area contributed by atoms with Crippen LogP contribution in [0.3, 0.4) is 0 Å². The predicted molar refractivity (Wildman–Crippen MR) is 114 cm³/mol. The van der Waals surface area contributed by atoms with Crippen molar-refractivity contribution >= 4 is 49.6 Å². The highest BCUT2D eigenvalue weighted by Gasteiger charge is 2.22. The maximum Gasteiger partial charge on any atom is 0.348 e. The van der Waals surface area contributed by atoms with Gasteiger partial charge in [-0.25, -0.2) is 4.79 Å². The average molecular weight is 419 g/mol. The van der Waals surface area contributed by atoms with Crippen LogP contribution in [-0.2, 0) is 16.1 Å². The van der Waals surface area contributed by atoms with E-state index in [9.17, 15) is 9.59 Å². The van der Waals surface area contributed by atoms with E-state index in [-0.39, 0.29) is 18.4 Å². The minimum Gasteiger partial charge on any atom is -0.497 e. The third kappa shape index (κ3) is 4.70. The standard InChI is InChI=1S/C20H22N2O4S2/c1-4-26-20(24)19-15(18-16(28-19)9-10-27-18)11-22(2)12-17(23)21-13-5-7-14(25-3)8-6-13/h5-10H,4,11-12H2,1-3H3,(H,21,23). The number of fused-ring (bicyclic) bond motifs is 1. The van der Waals surface area contributed by atoms with Gasteiger partial charge in [0.2, 0.25) is 5.91 Å². The van der Waals surface area contributed by atoms with Gasteiger partial charge in [-0.3, -0.25) is 9.69 Å². The first kappa shape index (κ1) is 20.3. The topological polar surface area (TPSA) is 67.9 Å². The van der Waals surface area contributed by atoms with Gasteiger partial charge < -0.3 is 14.8 Å². The summed E-state index contributed by atoms with van der Waals surface area (Å²) in [6, 6.07) is 9.19. The molecule has 0 bridgehead atoms. The first-order chi connectivity index (χ1) is 13.5. The first-order valence-electron chi connectivity index (χ1n) is 8.80. The van der Waals surface area contributed by atoms with Crippen molar-refractivity contribution in [3.05, 3.63) is 46.2 Å². The Balaban J connectivity index is 1.67. The molecular weight excluding hydrogens is 396 g/mol. The Hall–Kier alpha value is -2.42. The summed E-state index contributed by atoms with van der Waals surface area (Å²) in [6.07, 6.45) is 0. The van der Waals surface area contributed by atoms with E-state index in [1.54, 1.807) is 49.6 Å². The normalized spacial score (nSPS) is 11.0. The minimum absolute atomic E-state index is 0.122. The lowest BCUT2D eigenvalue weighted by Gasteiger charge is -2.17. The van der Waals surface area contributed by atoms with E-state index in [1.165, 1.54) is 11.3 Å². The van der Waals surface area contributed by atoms with Crippen molar-refractivity contribution in [3.8, 4) is 5.75 Å². The van der Waals surface area contributed by atoms with Crippen LogP contribution in [0.2, 0.25) is 0 Å². The van der Waals surface area contributed by atoms with Crippen molar-refractivity contribution in [2.45, 2.75) is 13.5 Å². The molecule has 0 saturated heterocycles. The number of likely N-dealkylation sites (N-methyl/N-ethyl adjacent to an activating group) is 1. The number of amides is 1. The lowest BCUT2D eigenvalue weighted by atomic mass is 10.2. The first-order valence-corrected chi connectivity index (χ1v) is 10.5. The van der Waals surface area contributed by atoms with Gasteiger partial charge in [0.1, 0.15) is 10.6 Å². The number of ether oxygens (including phenoxy) is 2. The van der Waals surface area contributed by atoms with Gasteiger partial charge in [-0.2, -0.15) is 0 Å².